The van der Waals surface area contributed by atoms with Crippen molar-refractivity contribution >= 4 is 0 Å². The van der Waals surface area contributed by atoms with E-state index in [0.717, 1.165) is 0 Å². The first kappa shape index (κ1) is 29.3. The van der Waals surface area contributed by atoms with Crippen molar-refractivity contribution in [3.63, 3.8) is 0 Å². The third-order valence-electron chi connectivity index (χ3n) is 0. The largest absolute Gasteiger partial charge is 2.00 e. The van der Waals surface area contributed by atoms with Crippen LogP contribution in [0.25, 0.3) is 0 Å². The van der Waals surface area contributed by atoms with Gasteiger partial charge in [-0.25, -0.2) is 0 Å². The molecule has 0 atom stereocenters. The Labute approximate surface area is 109 Å². The minimum atomic E-state index is -1.75. The maximum absolute atomic E-state index is 8.25. The topological polar surface area (TPSA) is 235 Å². The van der Waals surface area contributed by atoms with Gasteiger partial charge < -0.3 is 52.1 Å². The minimum Gasteiger partial charge on any atom is -0.369 e. The van der Waals surface area contributed by atoms with Crippen LogP contribution in [0.2, 0.25) is 0 Å². The van der Waals surface area contributed by atoms with Crippen LogP contribution in [0.15, 0.2) is 0 Å². The summed E-state index contributed by atoms with van der Waals surface area (Å²) >= 11 is 0. The van der Waals surface area contributed by atoms with Crippen molar-refractivity contribution in [2.45, 2.75) is 0 Å². The molecule has 0 amide bonds. The molecule has 0 aromatic carbocycles. The fraction of sp³-hybridized carbons (Fsp3) is 0. The van der Waals surface area contributed by atoms with Gasteiger partial charge in [-0.1, -0.05) is 0 Å². The van der Waals surface area contributed by atoms with Gasteiger partial charge in [-0.3, -0.25) is 0 Å². The maximum Gasteiger partial charge on any atom is 2.00 e. The molecule has 0 saturated heterocycles. The Hall–Kier alpha value is -1.06. The standard InChI is InChI=1S/Ce.3NO3.H3N/c;3*2-1(3)4;/h;;;;1H3/q+2;3*-1;/p+1. The summed E-state index contributed by atoms with van der Waals surface area (Å²) in [7, 11) is 0. The van der Waals surface area contributed by atoms with Gasteiger partial charge in [0.1, 0.15) is 0 Å². The van der Waals surface area contributed by atoms with Crippen molar-refractivity contribution in [1.82, 2.24) is 6.15 Å². The number of hydrogen-bond donors (Lipinski definition) is 1. The Bertz CT molecular complexity index is 114. The van der Waals surface area contributed by atoms with Crippen LogP contribution in [0.4, 0.5) is 0 Å². The Morgan fingerprint density at radius 2 is 0.571 bits per heavy atom. The van der Waals surface area contributed by atoms with E-state index in [1.54, 1.807) is 0 Å². The summed E-state index contributed by atoms with van der Waals surface area (Å²) in [5.41, 5.74) is 0. The second kappa shape index (κ2) is 22.7. The van der Waals surface area contributed by atoms with E-state index in [0.29, 0.717) is 0 Å². The smallest absolute Gasteiger partial charge is 0.369 e. The third kappa shape index (κ3) is 955. The summed E-state index contributed by atoms with van der Waals surface area (Å²) in [6, 6.07) is 0. The number of rotatable bonds is 0. The average molecular weight is 344 g/mol. The van der Waals surface area contributed by atoms with E-state index >= 15 is 0 Å². The van der Waals surface area contributed by atoms with Crippen molar-refractivity contribution in [2.24, 2.45) is 0 Å². The predicted molar refractivity (Wildman–Crippen MR) is 37.1 cm³/mol. The molecule has 0 bridgehead atoms. The van der Waals surface area contributed by atoms with Gasteiger partial charge in [0.25, 0.3) is 0 Å². The molecular formula is H4CeN4O9. The molecule has 0 saturated carbocycles. The normalized spacial score (nSPS) is 5.14. The fourth-order valence-corrected chi connectivity index (χ4v) is 0. The average Bonchev–Trinajstić information content (AvgIpc) is 1.54. The van der Waals surface area contributed by atoms with Gasteiger partial charge in [0.05, 0.1) is 15.3 Å². The molecule has 0 unspecified atom stereocenters. The molecule has 0 aliphatic carbocycles. The van der Waals surface area contributed by atoms with Crippen molar-refractivity contribution < 1.29 is 57.0 Å². The van der Waals surface area contributed by atoms with Crippen LogP contribution < -0.4 is 6.15 Å². The van der Waals surface area contributed by atoms with Gasteiger partial charge in [-0.15, -0.1) is 0 Å². The summed E-state index contributed by atoms with van der Waals surface area (Å²) in [4.78, 5) is 24.8. The summed E-state index contributed by atoms with van der Waals surface area (Å²) in [6.45, 7) is 0. The van der Waals surface area contributed by atoms with Gasteiger partial charge >= 0.3 is 41.7 Å². The molecule has 82 valence electrons. The van der Waals surface area contributed by atoms with E-state index in [4.69, 9.17) is 46.0 Å². The fourth-order valence-electron chi connectivity index (χ4n) is 0. The molecular weight excluding hydrogens is 340 g/mol. The first-order valence-corrected chi connectivity index (χ1v) is 1.64. The van der Waals surface area contributed by atoms with Crippen LogP contribution in [0.1, 0.15) is 0 Å². The Balaban J connectivity index is -0.0000000270. The van der Waals surface area contributed by atoms with E-state index in [2.05, 4.69) is 0 Å². The first-order chi connectivity index (χ1) is 5.20. The molecule has 0 rings (SSSR count). The zero-order valence-electron chi connectivity index (χ0n) is 6.52. The third-order valence-corrected chi connectivity index (χ3v) is 0. The van der Waals surface area contributed by atoms with Crippen molar-refractivity contribution in [3.8, 4) is 0 Å². The first-order valence-electron chi connectivity index (χ1n) is 1.64. The summed E-state index contributed by atoms with van der Waals surface area (Å²) in [6.07, 6.45) is 0. The molecule has 13 nitrogen and oxygen atoms in total. The van der Waals surface area contributed by atoms with E-state index in [-0.39, 0.29) is 47.9 Å². The molecule has 0 radical (unpaired) electrons. The number of hydrogen-bond acceptors (Lipinski definition) is 9. The van der Waals surface area contributed by atoms with Gasteiger partial charge in [-0.2, -0.15) is 0 Å². The second-order valence-corrected chi connectivity index (χ2v) is 0.671. The maximum atomic E-state index is 8.25. The number of nitrogens with zero attached hydrogens (tertiary/aromatic N) is 3. The van der Waals surface area contributed by atoms with Crippen LogP contribution in [0.5, 0.6) is 0 Å². The molecule has 14 heteroatoms. The van der Waals surface area contributed by atoms with Crippen LogP contribution in [-0.2, 0) is 0 Å². The molecule has 0 aromatic heterocycles. The Morgan fingerprint density at radius 3 is 0.571 bits per heavy atom. The van der Waals surface area contributed by atoms with Crippen LogP contribution >= 0.6 is 0 Å². The predicted octanol–water partition coefficient (Wildman–Crippen LogP) is -0.341. The summed E-state index contributed by atoms with van der Waals surface area (Å²) in [5.74, 6) is 0. The molecule has 0 fully saturated rings. The molecule has 0 aromatic rings. The zero-order valence-corrected chi connectivity index (χ0v) is 9.66. The van der Waals surface area contributed by atoms with Crippen molar-refractivity contribution in [3.05, 3.63) is 46.0 Å². The van der Waals surface area contributed by atoms with Gasteiger partial charge in [0.15, 0.2) is 0 Å². The van der Waals surface area contributed by atoms with Crippen LogP contribution in [0, 0.1) is 87.7 Å². The van der Waals surface area contributed by atoms with Gasteiger partial charge in [0, 0.05) is 0 Å². The van der Waals surface area contributed by atoms with Gasteiger partial charge in [-0.05, 0) is 0 Å². The molecule has 0 heterocycles. The Morgan fingerprint density at radius 1 is 0.571 bits per heavy atom. The summed E-state index contributed by atoms with van der Waals surface area (Å²) in [5, 5.41) is 44.2. The number of quaternary nitrogens is 1. The minimum absolute atomic E-state index is 0. The SMILES string of the molecule is O=[N+]([O-])[O-].O=[N+]([O-])[O-].O=[N+]([O-])[O-].[Ce+2].[NH4+]. The van der Waals surface area contributed by atoms with Crippen molar-refractivity contribution in [2.75, 3.05) is 0 Å². The molecule has 0 spiro atoms. The molecule has 0 aliphatic rings. The quantitative estimate of drug-likeness (QED) is 0.445. The zero-order chi connectivity index (χ0) is 10.7. The monoisotopic (exact) mass is 344 g/mol. The molecule has 14 heavy (non-hydrogen) atoms. The van der Waals surface area contributed by atoms with E-state index in [1.807, 2.05) is 0 Å². The van der Waals surface area contributed by atoms with E-state index < -0.39 is 15.3 Å². The van der Waals surface area contributed by atoms with Gasteiger partial charge in [0.2, 0.25) is 0 Å². The van der Waals surface area contributed by atoms with Crippen LogP contribution in [-0.4, -0.2) is 15.3 Å². The molecule has 0 aliphatic heterocycles. The molecule has 4 N–H and O–H groups in total. The van der Waals surface area contributed by atoms with Crippen molar-refractivity contribution in [1.29, 1.82) is 0 Å². The second-order valence-electron chi connectivity index (χ2n) is 0.671. The summed E-state index contributed by atoms with van der Waals surface area (Å²) < 4.78 is 0. The van der Waals surface area contributed by atoms with E-state index in [1.165, 1.54) is 0 Å². The Kier molecular flexibility index (Phi) is 47.4. The van der Waals surface area contributed by atoms with E-state index in [9.17, 15) is 0 Å². The van der Waals surface area contributed by atoms with Crippen LogP contribution in [0.3, 0.4) is 0 Å².